The number of hydrogen-bond acceptors (Lipinski definition) is 5. The van der Waals surface area contributed by atoms with Gasteiger partial charge in [0.15, 0.2) is 0 Å². The van der Waals surface area contributed by atoms with Crippen LogP contribution in [0, 0.1) is 12.3 Å². The minimum atomic E-state index is -0.574. The largest absolute Gasteiger partial charge is 0.445 e. The monoisotopic (exact) mass is 388 g/mol. The number of carbonyl (C=O) groups excluding carboxylic acids is 1. The third-order valence-corrected chi connectivity index (χ3v) is 5.66. The smallest absolute Gasteiger partial charge is 0.408 e. The van der Waals surface area contributed by atoms with Crippen molar-refractivity contribution in [3.8, 4) is 12.3 Å². The molecule has 0 aliphatic heterocycles. The third kappa shape index (κ3) is 5.04. The van der Waals surface area contributed by atoms with Crippen molar-refractivity contribution in [3.63, 3.8) is 0 Å². The van der Waals surface area contributed by atoms with Crippen LogP contribution in [0.25, 0.3) is 0 Å². The van der Waals surface area contributed by atoms with Crippen LogP contribution < -0.4 is 11.1 Å². The first-order chi connectivity index (χ1) is 12.9. The Morgan fingerprint density at radius 2 is 2.37 bits per heavy atom. The van der Waals surface area contributed by atoms with Crippen LogP contribution >= 0.6 is 11.3 Å². The van der Waals surface area contributed by atoms with Gasteiger partial charge in [0.25, 0.3) is 0 Å². The number of rotatable bonds is 8. The molecule has 2 rings (SSSR count). The summed E-state index contributed by atoms with van der Waals surface area (Å²) >= 11 is 1.59. The van der Waals surface area contributed by atoms with E-state index in [-0.39, 0.29) is 6.61 Å². The van der Waals surface area contributed by atoms with Crippen LogP contribution in [0.5, 0.6) is 0 Å². The van der Waals surface area contributed by atoms with E-state index in [2.05, 4.69) is 22.8 Å². The molecule has 0 saturated heterocycles. The molecule has 7 heteroatoms. The third-order valence-electron chi connectivity index (χ3n) is 4.49. The number of thiophene rings is 1. The maximum Gasteiger partial charge on any atom is 0.408 e. The molecule has 6 nitrogen and oxygen atoms in total. The number of amides is 1. The zero-order valence-electron chi connectivity index (χ0n) is 16.1. The number of nitrogens with zero attached hydrogens (tertiary/aromatic N) is 2. The van der Waals surface area contributed by atoms with Gasteiger partial charge < -0.3 is 20.7 Å². The summed E-state index contributed by atoms with van der Waals surface area (Å²) in [4.78, 5) is 19.9. The fraction of sp³-hybridized carbons (Fsp3) is 0.500. The van der Waals surface area contributed by atoms with Gasteiger partial charge in [-0.15, -0.1) is 23.7 Å². The van der Waals surface area contributed by atoms with Crippen molar-refractivity contribution in [1.29, 1.82) is 0 Å². The number of aryl methyl sites for hydroxylation is 1. The van der Waals surface area contributed by atoms with Gasteiger partial charge in [-0.3, -0.25) is 0 Å². The number of anilines is 1. The van der Waals surface area contributed by atoms with Gasteiger partial charge in [-0.25, -0.2) is 9.79 Å². The van der Waals surface area contributed by atoms with E-state index in [1.54, 1.807) is 23.8 Å². The number of carbonyl (C=O) groups is 1. The molecule has 1 amide bonds. The maximum atomic E-state index is 12.4. The highest BCUT2D eigenvalue weighted by Gasteiger charge is 2.41. The Labute approximate surface area is 165 Å². The topological polar surface area (TPSA) is 80.0 Å². The average molecular weight is 389 g/mol. The lowest BCUT2D eigenvalue weighted by Gasteiger charge is -2.38. The number of alkyl carbamates (subject to hydrolysis) is 1. The Bertz CT molecular complexity index is 748. The first-order valence-electron chi connectivity index (χ1n) is 9.05. The second-order valence-electron chi connectivity index (χ2n) is 6.83. The Balaban J connectivity index is 2.41. The standard InChI is InChI=1S/C20H28N4O2S/c1-5-7-8-11-20(23-19(25)26-13-6-2)12-9-10-15-16(20)17(21)18(27-15)22-14-24(3)4/h1,6,14H,2,7-13,21H2,3-4H3,(H,23,25). The molecule has 3 N–H and O–H groups in total. The number of ether oxygens (including phenoxy) is 1. The van der Waals surface area contributed by atoms with Gasteiger partial charge in [-0.05, 0) is 32.1 Å². The normalized spacial score (nSPS) is 18.6. The Morgan fingerprint density at radius 1 is 1.59 bits per heavy atom. The van der Waals surface area contributed by atoms with Crippen molar-refractivity contribution >= 4 is 34.5 Å². The van der Waals surface area contributed by atoms with E-state index >= 15 is 0 Å². The number of fused-ring (bicyclic) bond motifs is 1. The van der Waals surface area contributed by atoms with Crippen LogP contribution in [0.2, 0.25) is 0 Å². The fourth-order valence-electron chi connectivity index (χ4n) is 3.42. The molecule has 0 radical (unpaired) electrons. The summed E-state index contributed by atoms with van der Waals surface area (Å²) in [7, 11) is 3.82. The zero-order chi connectivity index (χ0) is 19.9. The van der Waals surface area contributed by atoms with Crippen molar-refractivity contribution in [2.24, 2.45) is 4.99 Å². The predicted octanol–water partition coefficient (Wildman–Crippen LogP) is 3.80. The molecule has 27 heavy (non-hydrogen) atoms. The van der Waals surface area contributed by atoms with Crippen molar-refractivity contribution in [3.05, 3.63) is 23.1 Å². The van der Waals surface area contributed by atoms with E-state index < -0.39 is 11.6 Å². The lowest BCUT2D eigenvalue weighted by molar-refractivity contribution is 0.136. The van der Waals surface area contributed by atoms with E-state index in [0.717, 1.165) is 36.2 Å². The maximum absolute atomic E-state index is 12.4. The predicted molar refractivity (Wildman–Crippen MR) is 113 cm³/mol. The number of hydrogen-bond donors (Lipinski definition) is 2. The van der Waals surface area contributed by atoms with Crippen LogP contribution in [0.4, 0.5) is 15.5 Å². The van der Waals surface area contributed by atoms with Crippen LogP contribution in [0.3, 0.4) is 0 Å². The molecule has 1 heterocycles. The molecule has 1 aromatic rings. The lowest BCUT2D eigenvalue weighted by atomic mass is 9.76. The van der Waals surface area contributed by atoms with Gasteiger partial charge in [0.1, 0.15) is 11.6 Å². The number of aliphatic imine (C=N–C) groups is 1. The number of nitrogens with one attached hydrogen (secondary N) is 1. The van der Waals surface area contributed by atoms with E-state index in [1.165, 1.54) is 4.88 Å². The Morgan fingerprint density at radius 3 is 3.04 bits per heavy atom. The number of unbranched alkanes of at least 4 members (excludes halogenated alkanes) is 1. The second kappa shape index (κ2) is 9.47. The van der Waals surface area contributed by atoms with Crippen LogP contribution in [0.15, 0.2) is 17.6 Å². The Hall–Kier alpha value is -2.46. The van der Waals surface area contributed by atoms with E-state index in [1.807, 2.05) is 19.0 Å². The number of terminal acetylenes is 1. The molecule has 146 valence electrons. The number of nitrogen functional groups attached to an aromatic ring is 1. The van der Waals surface area contributed by atoms with Gasteiger partial charge in [-0.1, -0.05) is 12.7 Å². The molecule has 1 atom stereocenters. The molecule has 0 fully saturated rings. The zero-order valence-corrected chi connectivity index (χ0v) is 16.9. The number of nitrogens with two attached hydrogens (primary N) is 1. The molecule has 1 aliphatic carbocycles. The molecule has 0 bridgehead atoms. The van der Waals surface area contributed by atoms with Crippen molar-refractivity contribution in [2.45, 2.75) is 44.1 Å². The minimum absolute atomic E-state index is 0.163. The Kier molecular flexibility index (Phi) is 7.31. The fourth-order valence-corrected chi connectivity index (χ4v) is 4.61. The summed E-state index contributed by atoms with van der Waals surface area (Å²) in [5.41, 5.74) is 7.54. The molecular weight excluding hydrogens is 360 g/mol. The molecule has 1 aliphatic rings. The summed E-state index contributed by atoms with van der Waals surface area (Å²) < 4.78 is 5.18. The average Bonchev–Trinajstić information content (AvgIpc) is 2.96. The molecule has 1 unspecified atom stereocenters. The first-order valence-corrected chi connectivity index (χ1v) is 9.86. The summed E-state index contributed by atoms with van der Waals surface area (Å²) in [6.45, 7) is 3.74. The summed E-state index contributed by atoms with van der Waals surface area (Å²) in [5.74, 6) is 2.67. The van der Waals surface area contributed by atoms with E-state index in [4.69, 9.17) is 16.9 Å². The molecule has 1 aromatic heterocycles. The van der Waals surface area contributed by atoms with Gasteiger partial charge in [0, 0.05) is 31.0 Å². The summed E-state index contributed by atoms with van der Waals surface area (Å²) in [6, 6.07) is 0. The highest BCUT2D eigenvalue weighted by atomic mass is 32.1. The highest BCUT2D eigenvalue weighted by Crippen LogP contribution is 2.50. The molecule has 0 aromatic carbocycles. The first kappa shape index (κ1) is 20.8. The van der Waals surface area contributed by atoms with Crippen molar-refractivity contribution in [2.75, 3.05) is 26.4 Å². The van der Waals surface area contributed by atoms with Gasteiger partial charge in [0.05, 0.1) is 17.6 Å². The molecule has 0 spiro atoms. The lowest BCUT2D eigenvalue weighted by Crippen LogP contribution is -2.48. The minimum Gasteiger partial charge on any atom is -0.445 e. The second-order valence-corrected chi connectivity index (χ2v) is 7.92. The van der Waals surface area contributed by atoms with Gasteiger partial charge in [-0.2, -0.15) is 0 Å². The summed E-state index contributed by atoms with van der Waals surface area (Å²) in [5, 5.41) is 3.86. The van der Waals surface area contributed by atoms with Crippen LogP contribution in [-0.2, 0) is 16.7 Å². The SMILES string of the molecule is C#CCCCC1(NC(=O)OCC=C)CCCc2sc(N=CN(C)C)c(N)c21. The van der Waals surface area contributed by atoms with Crippen LogP contribution in [-0.4, -0.2) is 38.0 Å². The summed E-state index contributed by atoms with van der Waals surface area (Å²) in [6.07, 6.45) is 13.1. The van der Waals surface area contributed by atoms with Gasteiger partial charge in [0.2, 0.25) is 0 Å². The van der Waals surface area contributed by atoms with Gasteiger partial charge >= 0.3 is 6.09 Å². The van der Waals surface area contributed by atoms with E-state index in [0.29, 0.717) is 18.5 Å². The van der Waals surface area contributed by atoms with Crippen molar-refractivity contribution < 1.29 is 9.53 Å². The highest BCUT2D eigenvalue weighted by molar-refractivity contribution is 7.16. The molecule has 0 saturated carbocycles. The quantitative estimate of drug-likeness (QED) is 0.233. The van der Waals surface area contributed by atoms with E-state index in [9.17, 15) is 4.79 Å². The van der Waals surface area contributed by atoms with Crippen LogP contribution in [0.1, 0.15) is 42.5 Å². The van der Waals surface area contributed by atoms with Crippen molar-refractivity contribution in [1.82, 2.24) is 10.2 Å². The molecular formula is C20H28N4O2S.